The summed E-state index contributed by atoms with van der Waals surface area (Å²) in [5, 5.41) is 16.8. The molecular formula is C12H14BrN3O4. The summed E-state index contributed by atoms with van der Waals surface area (Å²) in [6.45, 7) is 2.08. The second-order valence-corrected chi connectivity index (χ2v) is 5.06. The first-order valence-electron chi connectivity index (χ1n) is 6.02. The van der Waals surface area contributed by atoms with Crippen molar-refractivity contribution in [1.82, 2.24) is 15.1 Å². The van der Waals surface area contributed by atoms with Crippen LogP contribution in [0.2, 0.25) is 0 Å². The van der Waals surface area contributed by atoms with Crippen LogP contribution in [-0.2, 0) is 11.3 Å². The monoisotopic (exact) mass is 343 g/mol. The highest BCUT2D eigenvalue weighted by Crippen LogP contribution is 2.24. The van der Waals surface area contributed by atoms with E-state index in [2.05, 4.69) is 26.1 Å². The van der Waals surface area contributed by atoms with E-state index in [-0.39, 0.29) is 12.4 Å². The van der Waals surface area contributed by atoms with Gasteiger partial charge in [-0.25, -0.2) is 0 Å². The first-order valence-corrected chi connectivity index (χ1v) is 6.81. The lowest BCUT2D eigenvalue weighted by molar-refractivity contribution is -0.143. The molecule has 0 fully saturated rings. The normalized spacial score (nSPS) is 12.8. The van der Waals surface area contributed by atoms with E-state index in [9.17, 15) is 4.79 Å². The van der Waals surface area contributed by atoms with Crippen molar-refractivity contribution in [3.05, 3.63) is 22.7 Å². The van der Waals surface area contributed by atoms with E-state index >= 15 is 0 Å². The summed E-state index contributed by atoms with van der Waals surface area (Å²) >= 11 is 3.19. The predicted molar refractivity (Wildman–Crippen MR) is 72.9 cm³/mol. The Morgan fingerprint density at radius 2 is 2.20 bits per heavy atom. The van der Waals surface area contributed by atoms with Gasteiger partial charge in [-0.15, -0.1) is 10.2 Å². The van der Waals surface area contributed by atoms with Crippen LogP contribution in [0, 0.1) is 0 Å². The molecule has 1 atom stereocenters. The van der Waals surface area contributed by atoms with Crippen molar-refractivity contribution in [2.45, 2.75) is 25.9 Å². The molecule has 0 bridgehead atoms. The summed E-state index contributed by atoms with van der Waals surface area (Å²) in [4.78, 5) is 12.7. The Hall–Kier alpha value is -1.67. The van der Waals surface area contributed by atoms with Crippen LogP contribution in [0.3, 0.4) is 0 Å². The lowest BCUT2D eigenvalue weighted by Gasteiger charge is -2.21. The molecule has 20 heavy (non-hydrogen) atoms. The number of likely N-dealkylation sites (N-methyl/N-ethyl adjacent to an activating group) is 1. The van der Waals surface area contributed by atoms with Gasteiger partial charge in [0.25, 0.3) is 5.89 Å². The summed E-state index contributed by atoms with van der Waals surface area (Å²) in [7, 11) is 1.70. The molecular weight excluding hydrogens is 330 g/mol. The lowest BCUT2D eigenvalue weighted by Crippen LogP contribution is -2.37. The van der Waals surface area contributed by atoms with Gasteiger partial charge in [0.05, 0.1) is 6.54 Å². The van der Waals surface area contributed by atoms with Gasteiger partial charge < -0.3 is 13.9 Å². The molecule has 2 heterocycles. The third-order valence-corrected chi connectivity index (χ3v) is 3.27. The Morgan fingerprint density at radius 1 is 1.45 bits per heavy atom. The van der Waals surface area contributed by atoms with Gasteiger partial charge in [0.2, 0.25) is 5.89 Å². The summed E-state index contributed by atoms with van der Waals surface area (Å²) in [5.74, 6) is 0.199. The van der Waals surface area contributed by atoms with Gasteiger partial charge in [0.15, 0.2) is 10.4 Å². The van der Waals surface area contributed by atoms with Crippen LogP contribution in [0.25, 0.3) is 11.7 Å². The number of aromatic nitrogens is 2. The Morgan fingerprint density at radius 3 is 2.75 bits per heavy atom. The van der Waals surface area contributed by atoms with Crippen molar-refractivity contribution in [3.63, 3.8) is 0 Å². The van der Waals surface area contributed by atoms with Crippen molar-refractivity contribution in [3.8, 4) is 11.7 Å². The molecule has 0 aliphatic rings. The largest absolute Gasteiger partial charge is 0.480 e. The molecule has 0 aromatic carbocycles. The third kappa shape index (κ3) is 3.26. The molecule has 0 saturated heterocycles. The molecule has 0 spiro atoms. The molecule has 0 aliphatic carbocycles. The Balaban J connectivity index is 2.08. The van der Waals surface area contributed by atoms with Gasteiger partial charge in [-0.05, 0) is 41.5 Å². The van der Waals surface area contributed by atoms with Crippen LogP contribution in [0.4, 0.5) is 0 Å². The van der Waals surface area contributed by atoms with Gasteiger partial charge in [0, 0.05) is 0 Å². The molecule has 2 aromatic rings. The van der Waals surface area contributed by atoms with E-state index < -0.39 is 12.0 Å². The van der Waals surface area contributed by atoms with Gasteiger partial charge in [-0.2, -0.15) is 0 Å². The van der Waals surface area contributed by atoms with Crippen molar-refractivity contribution >= 4 is 21.9 Å². The molecule has 0 amide bonds. The summed E-state index contributed by atoms with van der Waals surface area (Å²) in [5.41, 5.74) is 0. The number of halogens is 1. The standard InChI is InChI=1S/C12H14BrN3O4/c1-3-7(12(17)18)16(2)6-10-14-15-11(20-10)8-4-5-9(13)19-8/h4-5,7H,3,6H2,1-2H3,(H,17,18). The number of aliphatic carboxylic acids is 1. The first-order chi connectivity index (χ1) is 9.51. The highest BCUT2D eigenvalue weighted by Gasteiger charge is 2.22. The van der Waals surface area contributed by atoms with E-state index in [0.717, 1.165) is 0 Å². The zero-order chi connectivity index (χ0) is 14.7. The smallest absolute Gasteiger partial charge is 0.320 e. The van der Waals surface area contributed by atoms with Gasteiger partial charge >= 0.3 is 5.97 Å². The molecule has 7 nitrogen and oxygen atoms in total. The number of hydrogen-bond acceptors (Lipinski definition) is 6. The molecule has 1 unspecified atom stereocenters. The fourth-order valence-corrected chi connectivity index (χ4v) is 2.15. The third-order valence-electron chi connectivity index (χ3n) is 2.84. The van der Waals surface area contributed by atoms with Crippen LogP contribution < -0.4 is 0 Å². The van der Waals surface area contributed by atoms with Crippen LogP contribution >= 0.6 is 15.9 Å². The van der Waals surface area contributed by atoms with E-state index in [1.165, 1.54) is 0 Å². The maximum Gasteiger partial charge on any atom is 0.320 e. The molecule has 2 rings (SSSR count). The first kappa shape index (κ1) is 14.7. The maximum atomic E-state index is 11.1. The fourth-order valence-electron chi connectivity index (χ4n) is 1.84. The maximum absolute atomic E-state index is 11.1. The SMILES string of the molecule is CCC(C(=O)O)N(C)Cc1nnc(-c2ccc(Br)o2)o1. The minimum atomic E-state index is -0.871. The molecule has 0 aliphatic heterocycles. The van der Waals surface area contributed by atoms with Crippen molar-refractivity contribution in [2.75, 3.05) is 7.05 Å². The quantitative estimate of drug-likeness (QED) is 0.860. The lowest BCUT2D eigenvalue weighted by atomic mass is 10.2. The molecule has 1 N–H and O–H groups in total. The van der Waals surface area contributed by atoms with Crippen LogP contribution in [0.15, 0.2) is 25.6 Å². The molecule has 2 aromatic heterocycles. The topological polar surface area (TPSA) is 92.6 Å². The number of carbonyl (C=O) groups is 1. The zero-order valence-electron chi connectivity index (χ0n) is 11.0. The molecule has 0 radical (unpaired) electrons. The van der Waals surface area contributed by atoms with E-state index in [1.54, 1.807) is 24.1 Å². The molecule has 8 heteroatoms. The van der Waals surface area contributed by atoms with E-state index in [1.807, 2.05) is 6.92 Å². The predicted octanol–water partition coefficient (Wildman–Crippen LogP) is 2.39. The zero-order valence-corrected chi connectivity index (χ0v) is 12.6. The summed E-state index contributed by atoms with van der Waals surface area (Å²) < 4.78 is 11.3. The Labute approximate surface area is 123 Å². The fraction of sp³-hybridized carbons (Fsp3) is 0.417. The number of furan rings is 1. The second kappa shape index (κ2) is 6.19. The van der Waals surface area contributed by atoms with E-state index in [0.29, 0.717) is 22.7 Å². The molecule has 108 valence electrons. The van der Waals surface area contributed by atoms with Crippen LogP contribution in [0.5, 0.6) is 0 Å². The number of hydrogen-bond donors (Lipinski definition) is 1. The number of nitrogens with zero attached hydrogens (tertiary/aromatic N) is 3. The van der Waals surface area contributed by atoms with Crippen LogP contribution in [-0.4, -0.2) is 39.3 Å². The average molecular weight is 344 g/mol. The highest BCUT2D eigenvalue weighted by molar-refractivity contribution is 9.10. The average Bonchev–Trinajstić information content (AvgIpc) is 2.98. The second-order valence-electron chi connectivity index (χ2n) is 4.28. The Bertz CT molecular complexity index is 595. The summed E-state index contributed by atoms with van der Waals surface area (Å²) in [6.07, 6.45) is 0.498. The number of rotatable bonds is 6. The van der Waals surface area contributed by atoms with Crippen molar-refractivity contribution < 1.29 is 18.7 Å². The highest BCUT2D eigenvalue weighted by atomic mass is 79.9. The number of carboxylic acids is 1. The minimum absolute atomic E-state index is 0.264. The summed E-state index contributed by atoms with van der Waals surface area (Å²) in [6, 6.07) is 2.85. The van der Waals surface area contributed by atoms with Crippen molar-refractivity contribution in [1.29, 1.82) is 0 Å². The van der Waals surface area contributed by atoms with Gasteiger partial charge in [-0.1, -0.05) is 6.92 Å². The van der Waals surface area contributed by atoms with E-state index in [4.69, 9.17) is 13.9 Å². The number of carboxylic acid groups (broad SMARTS) is 1. The van der Waals surface area contributed by atoms with Crippen molar-refractivity contribution in [2.24, 2.45) is 0 Å². The van der Waals surface area contributed by atoms with Gasteiger partial charge in [-0.3, -0.25) is 9.69 Å². The Kier molecular flexibility index (Phi) is 4.56. The van der Waals surface area contributed by atoms with Crippen LogP contribution in [0.1, 0.15) is 19.2 Å². The molecule has 0 saturated carbocycles. The van der Waals surface area contributed by atoms with Gasteiger partial charge in [0.1, 0.15) is 6.04 Å². The minimum Gasteiger partial charge on any atom is -0.480 e.